The van der Waals surface area contributed by atoms with Crippen LogP contribution in [0.4, 0.5) is 13.2 Å². The van der Waals surface area contributed by atoms with Gasteiger partial charge in [-0.15, -0.1) is 0 Å². The molecule has 0 unspecified atom stereocenters. The first-order valence-electron chi connectivity index (χ1n) is 6.19. The first kappa shape index (κ1) is 14.6. The highest BCUT2D eigenvalue weighted by Gasteiger charge is 2.31. The summed E-state index contributed by atoms with van der Waals surface area (Å²) in [5.41, 5.74) is 5.74. The van der Waals surface area contributed by atoms with Gasteiger partial charge in [0.1, 0.15) is 0 Å². The van der Waals surface area contributed by atoms with Crippen molar-refractivity contribution in [1.29, 1.82) is 0 Å². The van der Waals surface area contributed by atoms with Gasteiger partial charge in [-0.3, -0.25) is 4.90 Å². The molecule has 1 heterocycles. The summed E-state index contributed by atoms with van der Waals surface area (Å²) in [5.74, 6) is 0. The molecule has 1 aromatic rings. The third kappa shape index (κ3) is 4.09. The van der Waals surface area contributed by atoms with Crippen LogP contribution in [0.1, 0.15) is 24.0 Å². The first-order chi connectivity index (χ1) is 8.84. The van der Waals surface area contributed by atoms with Crippen molar-refractivity contribution in [2.24, 2.45) is 5.73 Å². The Morgan fingerprint density at radius 3 is 2.68 bits per heavy atom. The highest BCUT2D eigenvalue weighted by atomic mass is 35.5. The first-order valence-corrected chi connectivity index (χ1v) is 6.57. The second kappa shape index (κ2) is 5.69. The van der Waals surface area contributed by atoms with Crippen LogP contribution < -0.4 is 5.73 Å². The molecule has 0 aliphatic carbocycles. The molecule has 1 aliphatic heterocycles. The van der Waals surface area contributed by atoms with Crippen molar-refractivity contribution in [2.75, 3.05) is 13.1 Å². The maximum Gasteiger partial charge on any atom is 0.416 e. The Kier molecular flexibility index (Phi) is 4.38. The number of nitrogens with two attached hydrogens (primary N) is 1. The molecule has 6 heteroatoms. The SMILES string of the molecule is N[C@@H]1CCCN(Cc2cc(Cl)cc(C(F)(F)F)c2)C1. The predicted octanol–water partition coefficient (Wildman–Crippen LogP) is 3.28. The number of rotatable bonds is 2. The Hall–Kier alpha value is -0.780. The lowest BCUT2D eigenvalue weighted by atomic mass is 10.0. The van der Waals surface area contributed by atoms with Crippen molar-refractivity contribution >= 4 is 11.6 Å². The van der Waals surface area contributed by atoms with E-state index in [0.29, 0.717) is 18.7 Å². The molecule has 0 radical (unpaired) electrons. The molecule has 1 atom stereocenters. The van der Waals surface area contributed by atoms with Gasteiger partial charge in [0.05, 0.1) is 5.56 Å². The number of halogens is 4. The number of piperidine rings is 1. The molecule has 106 valence electrons. The van der Waals surface area contributed by atoms with Crippen molar-refractivity contribution in [3.8, 4) is 0 Å². The summed E-state index contributed by atoms with van der Waals surface area (Å²) in [4.78, 5) is 2.07. The molecule has 0 amide bonds. The number of hydrogen-bond acceptors (Lipinski definition) is 2. The molecule has 2 nitrogen and oxygen atoms in total. The minimum absolute atomic E-state index is 0.107. The summed E-state index contributed by atoms with van der Waals surface area (Å²) in [7, 11) is 0. The van der Waals surface area contributed by atoms with E-state index in [1.807, 2.05) is 0 Å². The van der Waals surface area contributed by atoms with Gasteiger partial charge in [0, 0.05) is 24.2 Å². The summed E-state index contributed by atoms with van der Waals surface area (Å²) in [6.07, 6.45) is -2.41. The van der Waals surface area contributed by atoms with Crippen LogP contribution >= 0.6 is 11.6 Å². The molecule has 1 aromatic carbocycles. The molecule has 1 aliphatic rings. The summed E-state index contributed by atoms with van der Waals surface area (Å²) in [6.45, 7) is 2.03. The van der Waals surface area contributed by atoms with Gasteiger partial charge < -0.3 is 5.73 Å². The Morgan fingerprint density at radius 1 is 1.32 bits per heavy atom. The van der Waals surface area contributed by atoms with E-state index in [4.69, 9.17) is 17.3 Å². The van der Waals surface area contributed by atoms with Crippen molar-refractivity contribution in [2.45, 2.75) is 31.6 Å². The fourth-order valence-electron chi connectivity index (χ4n) is 2.40. The monoisotopic (exact) mass is 292 g/mol. The van der Waals surface area contributed by atoms with E-state index in [-0.39, 0.29) is 11.1 Å². The molecule has 1 fully saturated rings. The van der Waals surface area contributed by atoms with Gasteiger partial charge in [-0.2, -0.15) is 13.2 Å². The van der Waals surface area contributed by atoms with Crippen LogP contribution in [-0.2, 0) is 12.7 Å². The second-order valence-electron chi connectivity index (χ2n) is 4.98. The van der Waals surface area contributed by atoms with Gasteiger partial charge in [0.25, 0.3) is 0 Å². The Bertz CT molecular complexity index is 448. The molecule has 0 saturated carbocycles. The maximum atomic E-state index is 12.7. The van der Waals surface area contributed by atoms with Gasteiger partial charge >= 0.3 is 6.18 Å². The van der Waals surface area contributed by atoms with Crippen molar-refractivity contribution in [3.05, 3.63) is 34.3 Å². The third-order valence-corrected chi connectivity index (χ3v) is 3.45. The smallest absolute Gasteiger partial charge is 0.327 e. The van der Waals surface area contributed by atoms with Crippen LogP contribution in [-0.4, -0.2) is 24.0 Å². The quantitative estimate of drug-likeness (QED) is 0.906. The van der Waals surface area contributed by atoms with E-state index in [0.717, 1.165) is 31.5 Å². The lowest BCUT2D eigenvalue weighted by molar-refractivity contribution is -0.137. The number of nitrogens with zero attached hydrogens (tertiary/aromatic N) is 1. The van der Waals surface area contributed by atoms with Gasteiger partial charge in [-0.1, -0.05) is 11.6 Å². The second-order valence-corrected chi connectivity index (χ2v) is 5.42. The van der Waals surface area contributed by atoms with Crippen LogP contribution in [0.2, 0.25) is 5.02 Å². The summed E-state index contributed by atoms with van der Waals surface area (Å²) in [5, 5.41) is 0.117. The van der Waals surface area contributed by atoms with Gasteiger partial charge in [0.2, 0.25) is 0 Å². The van der Waals surface area contributed by atoms with Crippen LogP contribution in [0, 0.1) is 0 Å². The third-order valence-electron chi connectivity index (χ3n) is 3.23. The van der Waals surface area contributed by atoms with E-state index < -0.39 is 11.7 Å². The molecule has 19 heavy (non-hydrogen) atoms. The van der Waals surface area contributed by atoms with Crippen LogP contribution in [0.3, 0.4) is 0 Å². The normalized spacial score (nSPS) is 21.6. The Labute approximate surface area is 115 Å². The molecular weight excluding hydrogens is 277 g/mol. The lowest BCUT2D eigenvalue weighted by Crippen LogP contribution is -2.42. The molecule has 2 rings (SSSR count). The number of likely N-dealkylation sites (tertiary alicyclic amines) is 1. The van der Waals surface area contributed by atoms with E-state index in [1.165, 1.54) is 0 Å². The maximum absolute atomic E-state index is 12.7. The molecular formula is C13H16ClF3N2. The number of benzene rings is 1. The molecule has 2 N–H and O–H groups in total. The zero-order valence-electron chi connectivity index (χ0n) is 10.4. The average molecular weight is 293 g/mol. The topological polar surface area (TPSA) is 29.3 Å². The largest absolute Gasteiger partial charge is 0.416 e. The van der Waals surface area contributed by atoms with E-state index in [1.54, 1.807) is 6.07 Å². The average Bonchev–Trinajstić information content (AvgIpc) is 2.26. The van der Waals surface area contributed by atoms with Gasteiger partial charge in [0.15, 0.2) is 0 Å². The van der Waals surface area contributed by atoms with Crippen molar-refractivity contribution in [3.63, 3.8) is 0 Å². The minimum atomic E-state index is -4.36. The zero-order valence-corrected chi connectivity index (χ0v) is 11.1. The standard InChI is InChI=1S/C13H16ClF3N2/c14-11-5-9(4-10(6-11)13(15,16)17)7-19-3-1-2-12(18)8-19/h4-6,12H,1-3,7-8,18H2/t12-/m1/s1. The summed E-state index contributed by atoms with van der Waals surface area (Å²) >= 11 is 5.76. The minimum Gasteiger partial charge on any atom is -0.327 e. The summed E-state index contributed by atoms with van der Waals surface area (Å²) in [6, 6.07) is 3.80. The van der Waals surface area contributed by atoms with Crippen LogP contribution in [0.25, 0.3) is 0 Å². The zero-order chi connectivity index (χ0) is 14.0. The lowest BCUT2D eigenvalue weighted by Gasteiger charge is -2.30. The fraction of sp³-hybridized carbons (Fsp3) is 0.538. The van der Waals surface area contributed by atoms with Gasteiger partial charge in [-0.25, -0.2) is 0 Å². The van der Waals surface area contributed by atoms with Crippen LogP contribution in [0.5, 0.6) is 0 Å². The van der Waals surface area contributed by atoms with Crippen molar-refractivity contribution in [1.82, 2.24) is 4.90 Å². The molecule has 0 bridgehead atoms. The highest BCUT2D eigenvalue weighted by molar-refractivity contribution is 6.30. The van der Waals surface area contributed by atoms with E-state index >= 15 is 0 Å². The Morgan fingerprint density at radius 2 is 2.05 bits per heavy atom. The number of hydrogen-bond donors (Lipinski definition) is 1. The molecule has 1 saturated heterocycles. The van der Waals surface area contributed by atoms with E-state index in [2.05, 4.69) is 4.90 Å². The molecule has 0 spiro atoms. The number of alkyl halides is 3. The Balaban J connectivity index is 2.14. The predicted molar refractivity (Wildman–Crippen MR) is 68.9 cm³/mol. The van der Waals surface area contributed by atoms with Crippen LogP contribution in [0.15, 0.2) is 18.2 Å². The fourth-order valence-corrected chi connectivity index (χ4v) is 2.66. The van der Waals surface area contributed by atoms with Gasteiger partial charge in [-0.05, 0) is 43.1 Å². The van der Waals surface area contributed by atoms with Crippen molar-refractivity contribution < 1.29 is 13.2 Å². The highest BCUT2D eigenvalue weighted by Crippen LogP contribution is 2.32. The molecule has 0 aromatic heterocycles. The summed E-state index contributed by atoms with van der Waals surface area (Å²) < 4.78 is 38.1. The van der Waals surface area contributed by atoms with E-state index in [9.17, 15) is 13.2 Å².